The number of imide groups is 1. The number of anilines is 1. The van der Waals surface area contributed by atoms with E-state index in [1.165, 1.54) is 11.0 Å². The van der Waals surface area contributed by atoms with Crippen molar-refractivity contribution < 1.29 is 23.2 Å². The van der Waals surface area contributed by atoms with Crippen LogP contribution in [0.4, 0.5) is 19.3 Å². The third kappa shape index (κ3) is 2.02. The lowest BCUT2D eigenvalue weighted by Gasteiger charge is -2.23. The summed E-state index contributed by atoms with van der Waals surface area (Å²) in [6, 6.07) is 1.81. The Bertz CT molecular complexity index is 712. The molecule has 0 radical (unpaired) electrons. The van der Waals surface area contributed by atoms with E-state index < -0.39 is 41.3 Å². The predicted molar refractivity (Wildman–Crippen MR) is 79.1 cm³/mol. The quantitative estimate of drug-likeness (QED) is 0.770. The zero-order chi connectivity index (χ0) is 17.0. The molecule has 0 saturated carbocycles. The van der Waals surface area contributed by atoms with Crippen molar-refractivity contribution in [3.05, 3.63) is 29.8 Å². The van der Waals surface area contributed by atoms with Crippen molar-refractivity contribution in [2.75, 3.05) is 18.0 Å². The summed E-state index contributed by atoms with van der Waals surface area (Å²) in [5.74, 6) is -2.50. The van der Waals surface area contributed by atoms with Gasteiger partial charge in [0.1, 0.15) is 23.4 Å². The van der Waals surface area contributed by atoms with Gasteiger partial charge in [-0.25, -0.2) is 13.6 Å². The average molecular weight is 335 g/mol. The van der Waals surface area contributed by atoms with Crippen LogP contribution in [0.5, 0.6) is 0 Å². The fraction of sp³-hybridized carbons (Fsp3) is 0.438. The first kappa shape index (κ1) is 15.0. The molecule has 126 valence electrons. The fourth-order valence-corrected chi connectivity index (χ4v) is 3.81. The first-order valence-electron chi connectivity index (χ1n) is 7.87. The van der Waals surface area contributed by atoms with Gasteiger partial charge in [0.05, 0.1) is 6.04 Å². The Morgan fingerprint density at radius 1 is 1.08 bits per heavy atom. The van der Waals surface area contributed by atoms with Crippen LogP contribution in [-0.2, 0) is 9.59 Å². The number of halogens is 2. The van der Waals surface area contributed by atoms with E-state index in [0.29, 0.717) is 13.0 Å². The molecule has 4 amide bonds. The Morgan fingerprint density at radius 2 is 1.79 bits per heavy atom. The topological polar surface area (TPSA) is 60.9 Å². The standard InChI is InChI=1S/C16H15F2N3O3/c17-10-3-1-4-11(18)14(10)20-8-9(7-13(20)22)21-15(23)12-5-2-6-19(12)16(21)24/h1,3-4,9,12H,2,5-8H2/t9?,12-/m1/s1. The Labute approximate surface area is 136 Å². The Balaban J connectivity index is 1.61. The minimum atomic E-state index is -0.844. The molecular weight excluding hydrogens is 320 g/mol. The molecule has 3 aliphatic heterocycles. The monoisotopic (exact) mass is 335 g/mol. The van der Waals surface area contributed by atoms with Gasteiger partial charge in [0.25, 0.3) is 5.91 Å². The van der Waals surface area contributed by atoms with E-state index in [2.05, 4.69) is 0 Å². The number of carbonyl (C=O) groups is 3. The summed E-state index contributed by atoms with van der Waals surface area (Å²) in [5.41, 5.74) is -0.426. The molecule has 8 heteroatoms. The van der Waals surface area contributed by atoms with Crippen LogP contribution < -0.4 is 4.90 Å². The lowest BCUT2D eigenvalue weighted by atomic mass is 10.2. The molecule has 0 N–H and O–H groups in total. The maximum Gasteiger partial charge on any atom is 0.327 e. The lowest BCUT2D eigenvalue weighted by Crippen LogP contribution is -2.43. The number of amides is 4. The van der Waals surface area contributed by atoms with Crippen molar-refractivity contribution >= 4 is 23.5 Å². The molecule has 2 atom stereocenters. The molecule has 0 spiro atoms. The number of nitrogens with zero attached hydrogens (tertiary/aromatic N) is 3. The van der Waals surface area contributed by atoms with Gasteiger partial charge in [-0.2, -0.15) is 0 Å². The Hall–Kier alpha value is -2.51. The highest BCUT2D eigenvalue weighted by Crippen LogP contribution is 2.34. The highest BCUT2D eigenvalue weighted by atomic mass is 19.1. The van der Waals surface area contributed by atoms with Crippen molar-refractivity contribution in [2.24, 2.45) is 0 Å². The highest BCUT2D eigenvalue weighted by molar-refractivity contribution is 6.06. The van der Waals surface area contributed by atoms with Gasteiger partial charge in [-0.05, 0) is 25.0 Å². The second-order valence-corrected chi connectivity index (χ2v) is 6.27. The number of hydrogen-bond acceptors (Lipinski definition) is 3. The van der Waals surface area contributed by atoms with E-state index >= 15 is 0 Å². The third-order valence-corrected chi connectivity index (χ3v) is 4.90. The maximum atomic E-state index is 13.9. The molecule has 1 aromatic carbocycles. The van der Waals surface area contributed by atoms with Crippen LogP contribution in [0.15, 0.2) is 18.2 Å². The van der Waals surface area contributed by atoms with Crippen LogP contribution in [0.3, 0.4) is 0 Å². The van der Waals surface area contributed by atoms with Crippen LogP contribution >= 0.6 is 0 Å². The zero-order valence-electron chi connectivity index (χ0n) is 12.7. The van der Waals surface area contributed by atoms with Crippen LogP contribution in [-0.4, -0.2) is 52.8 Å². The second-order valence-electron chi connectivity index (χ2n) is 6.27. The van der Waals surface area contributed by atoms with E-state index in [1.807, 2.05) is 0 Å². The molecule has 3 aliphatic rings. The molecule has 3 heterocycles. The fourth-order valence-electron chi connectivity index (χ4n) is 3.81. The third-order valence-electron chi connectivity index (χ3n) is 4.90. The molecule has 0 aliphatic carbocycles. The summed E-state index contributed by atoms with van der Waals surface area (Å²) >= 11 is 0. The van der Waals surface area contributed by atoms with Gasteiger partial charge < -0.3 is 9.80 Å². The van der Waals surface area contributed by atoms with Crippen LogP contribution in [0.1, 0.15) is 19.3 Å². The Morgan fingerprint density at radius 3 is 2.46 bits per heavy atom. The van der Waals surface area contributed by atoms with E-state index in [9.17, 15) is 23.2 Å². The highest BCUT2D eigenvalue weighted by Gasteiger charge is 2.52. The van der Waals surface area contributed by atoms with Gasteiger partial charge >= 0.3 is 6.03 Å². The van der Waals surface area contributed by atoms with Crippen LogP contribution in [0.2, 0.25) is 0 Å². The number of fused-ring (bicyclic) bond motifs is 1. The SMILES string of the molecule is O=C1CC(N2C(=O)[C@H]3CCCN3C2=O)CN1c1c(F)cccc1F. The molecule has 0 bridgehead atoms. The molecule has 4 rings (SSSR count). The summed E-state index contributed by atoms with van der Waals surface area (Å²) in [6.45, 7) is 0.437. The number of hydrogen-bond donors (Lipinski definition) is 0. The van der Waals surface area contributed by atoms with Gasteiger partial charge in [0, 0.05) is 19.5 Å². The van der Waals surface area contributed by atoms with Crippen LogP contribution in [0, 0.1) is 11.6 Å². The number of para-hydroxylation sites is 1. The number of benzene rings is 1. The molecule has 24 heavy (non-hydrogen) atoms. The lowest BCUT2D eigenvalue weighted by molar-refractivity contribution is -0.129. The van der Waals surface area contributed by atoms with Gasteiger partial charge in [0.2, 0.25) is 5.91 Å². The van der Waals surface area contributed by atoms with Gasteiger partial charge in [-0.1, -0.05) is 6.07 Å². The summed E-state index contributed by atoms with van der Waals surface area (Å²) in [5, 5.41) is 0. The molecular formula is C16H15F2N3O3. The van der Waals surface area contributed by atoms with E-state index in [0.717, 1.165) is 28.4 Å². The van der Waals surface area contributed by atoms with E-state index in [-0.39, 0.29) is 18.9 Å². The van der Waals surface area contributed by atoms with Crippen molar-refractivity contribution in [3.8, 4) is 0 Å². The zero-order valence-corrected chi connectivity index (χ0v) is 12.7. The molecule has 1 aromatic rings. The molecule has 6 nitrogen and oxygen atoms in total. The van der Waals surface area contributed by atoms with Gasteiger partial charge in [0.15, 0.2) is 0 Å². The number of carbonyl (C=O) groups excluding carboxylic acids is 3. The van der Waals surface area contributed by atoms with Crippen molar-refractivity contribution in [1.82, 2.24) is 9.80 Å². The summed E-state index contributed by atoms with van der Waals surface area (Å²) < 4.78 is 27.9. The second kappa shape index (κ2) is 5.25. The number of rotatable bonds is 2. The van der Waals surface area contributed by atoms with E-state index in [1.54, 1.807) is 0 Å². The first-order valence-corrected chi connectivity index (χ1v) is 7.87. The summed E-state index contributed by atoms with van der Waals surface area (Å²) in [7, 11) is 0. The van der Waals surface area contributed by atoms with Crippen molar-refractivity contribution in [2.45, 2.75) is 31.3 Å². The molecule has 1 unspecified atom stereocenters. The maximum absolute atomic E-state index is 13.9. The summed E-state index contributed by atoms with van der Waals surface area (Å²) in [6.07, 6.45) is 1.28. The molecule has 3 saturated heterocycles. The smallest absolute Gasteiger partial charge is 0.312 e. The predicted octanol–water partition coefficient (Wildman–Crippen LogP) is 1.50. The average Bonchev–Trinajstić information content (AvgIpc) is 3.19. The van der Waals surface area contributed by atoms with Crippen molar-refractivity contribution in [1.29, 1.82) is 0 Å². The van der Waals surface area contributed by atoms with Crippen molar-refractivity contribution in [3.63, 3.8) is 0 Å². The minimum absolute atomic E-state index is 0.0886. The minimum Gasteiger partial charge on any atom is -0.312 e. The normalized spacial score (nSPS) is 26.8. The number of urea groups is 1. The first-order chi connectivity index (χ1) is 11.5. The summed E-state index contributed by atoms with van der Waals surface area (Å²) in [4.78, 5) is 40.7. The Kier molecular flexibility index (Phi) is 3.29. The molecule has 0 aromatic heterocycles. The van der Waals surface area contributed by atoms with Gasteiger partial charge in [-0.3, -0.25) is 14.5 Å². The van der Waals surface area contributed by atoms with E-state index in [4.69, 9.17) is 0 Å². The largest absolute Gasteiger partial charge is 0.327 e. The van der Waals surface area contributed by atoms with Crippen LogP contribution in [0.25, 0.3) is 0 Å². The molecule has 3 fully saturated rings. The van der Waals surface area contributed by atoms with Gasteiger partial charge in [-0.15, -0.1) is 0 Å².